The molecule has 0 rings (SSSR count). The topological polar surface area (TPSA) is 237 Å². The summed E-state index contributed by atoms with van der Waals surface area (Å²) in [5, 5.41) is 10.6. The lowest BCUT2D eigenvalue weighted by molar-refractivity contribution is -0.161. The number of unbranched alkanes of at least 4 members (excludes halogenated alkanes) is 46. The number of carbonyl (C=O) groups excluding carboxylic acids is 4. The van der Waals surface area contributed by atoms with Crippen molar-refractivity contribution in [1.29, 1.82) is 0 Å². The molecule has 93 heavy (non-hydrogen) atoms. The van der Waals surface area contributed by atoms with Crippen molar-refractivity contribution < 1.29 is 80.2 Å². The van der Waals surface area contributed by atoms with Crippen LogP contribution in [0, 0.1) is 5.92 Å². The third-order valence-electron chi connectivity index (χ3n) is 17.3. The molecule has 0 saturated carbocycles. The van der Waals surface area contributed by atoms with Crippen LogP contribution in [-0.4, -0.2) is 96.7 Å². The second-order valence-corrected chi connectivity index (χ2v) is 30.1. The largest absolute Gasteiger partial charge is 0.472 e. The van der Waals surface area contributed by atoms with Gasteiger partial charge in [0.1, 0.15) is 19.3 Å². The number of ether oxygens (including phenoxy) is 4. The Labute approximate surface area is 568 Å². The first-order chi connectivity index (χ1) is 45.0. The van der Waals surface area contributed by atoms with E-state index in [-0.39, 0.29) is 25.7 Å². The van der Waals surface area contributed by atoms with E-state index < -0.39 is 97.5 Å². The van der Waals surface area contributed by atoms with E-state index in [1.54, 1.807) is 0 Å². The van der Waals surface area contributed by atoms with Gasteiger partial charge in [0.05, 0.1) is 26.4 Å². The van der Waals surface area contributed by atoms with Gasteiger partial charge in [-0.1, -0.05) is 336 Å². The van der Waals surface area contributed by atoms with Crippen LogP contribution in [0.25, 0.3) is 0 Å². The smallest absolute Gasteiger partial charge is 0.462 e. The minimum Gasteiger partial charge on any atom is -0.462 e. The quantitative estimate of drug-likeness (QED) is 0.0222. The molecule has 0 aromatic rings. The van der Waals surface area contributed by atoms with Gasteiger partial charge in [-0.15, -0.1) is 0 Å². The highest BCUT2D eigenvalue weighted by atomic mass is 31.2. The molecular weight excluding hydrogens is 1220 g/mol. The lowest BCUT2D eigenvalue weighted by Crippen LogP contribution is -2.30. The number of aliphatic hydroxyl groups is 1. The van der Waals surface area contributed by atoms with Gasteiger partial charge in [-0.2, -0.15) is 0 Å². The average molecular weight is 1370 g/mol. The summed E-state index contributed by atoms with van der Waals surface area (Å²) < 4.78 is 68.4. The first kappa shape index (κ1) is 91.1. The molecule has 0 aromatic heterocycles. The minimum atomic E-state index is -4.95. The summed E-state index contributed by atoms with van der Waals surface area (Å²) in [6, 6.07) is 0. The summed E-state index contributed by atoms with van der Waals surface area (Å²) in [6.45, 7) is 7.21. The molecule has 0 bridgehead atoms. The summed E-state index contributed by atoms with van der Waals surface area (Å²) in [7, 11) is -9.90. The zero-order valence-electron chi connectivity index (χ0n) is 60.4. The molecule has 0 aromatic carbocycles. The first-order valence-electron chi connectivity index (χ1n) is 38.6. The summed E-state index contributed by atoms with van der Waals surface area (Å²) >= 11 is 0. The van der Waals surface area contributed by atoms with E-state index in [2.05, 4.69) is 34.6 Å². The number of phosphoric acid groups is 2. The lowest BCUT2D eigenvalue weighted by Gasteiger charge is -2.21. The fourth-order valence-electron chi connectivity index (χ4n) is 11.4. The van der Waals surface area contributed by atoms with Crippen LogP contribution < -0.4 is 0 Å². The molecule has 0 saturated heterocycles. The molecule has 5 atom stereocenters. The number of rotatable bonds is 74. The van der Waals surface area contributed by atoms with Gasteiger partial charge < -0.3 is 33.8 Å². The predicted octanol–water partition coefficient (Wildman–Crippen LogP) is 21.7. The van der Waals surface area contributed by atoms with Gasteiger partial charge in [0, 0.05) is 25.7 Å². The van der Waals surface area contributed by atoms with Gasteiger partial charge >= 0.3 is 39.5 Å². The number of hydrogen-bond donors (Lipinski definition) is 3. The predicted molar refractivity (Wildman–Crippen MR) is 377 cm³/mol. The fraction of sp³-hybridized carbons (Fsp3) is 0.946. The highest BCUT2D eigenvalue weighted by Gasteiger charge is 2.30. The highest BCUT2D eigenvalue weighted by molar-refractivity contribution is 7.47. The zero-order chi connectivity index (χ0) is 68.4. The Bertz CT molecular complexity index is 1790. The molecule has 0 aliphatic rings. The molecule has 2 unspecified atom stereocenters. The molecule has 0 aliphatic heterocycles. The van der Waals surface area contributed by atoms with E-state index in [4.69, 9.17) is 37.0 Å². The van der Waals surface area contributed by atoms with Crippen LogP contribution in [0.4, 0.5) is 0 Å². The maximum absolute atomic E-state index is 13.1. The second-order valence-electron chi connectivity index (χ2n) is 27.2. The first-order valence-corrected chi connectivity index (χ1v) is 41.6. The molecule has 0 spiro atoms. The Morgan fingerprint density at radius 3 is 0.731 bits per heavy atom. The number of esters is 4. The Morgan fingerprint density at radius 1 is 0.290 bits per heavy atom. The molecule has 19 heteroatoms. The fourth-order valence-corrected chi connectivity index (χ4v) is 12.9. The Morgan fingerprint density at radius 2 is 0.495 bits per heavy atom. The van der Waals surface area contributed by atoms with E-state index >= 15 is 0 Å². The van der Waals surface area contributed by atoms with Crippen LogP contribution >= 0.6 is 15.6 Å². The van der Waals surface area contributed by atoms with Crippen molar-refractivity contribution in [3.8, 4) is 0 Å². The van der Waals surface area contributed by atoms with Crippen LogP contribution in [0.2, 0.25) is 0 Å². The summed E-state index contributed by atoms with van der Waals surface area (Å²) in [5.41, 5.74) is 0. The standard InChI is InChI=1S/C74H144O17P2/c1-6-9-12-15-18-21-23-25-27-29-30-32-34-36-38-44-49-54-59-73(78)90-70(64-85-72(77)58-53-48-43-37-35-33-31-28-26-24-22-19-16-13-10-7-2)66-89-93(82,83)87-62-68(75)61-86-92(80,81)88-65-69(63-84-71(76)57-52-47-42-20-17-14-11-8-3)91-74(79)60-55-50-45-40-39-41-46-51-56-67(4)5/h67-70,75H,6-66H2,1-5H3,(H,80,81)(H,82,83)/t68-,69+,70+/m0/s1. The van der Waals surface area contributed by atoms with Crippen molar-refractivity contribution in [3.63, 3.8) is 0 Å². The minimum absolute atomic E-state index is 0.105. The van der Waals surface area contributed by atoms with E-state index in [1.807, 2.05) is 0 Å². The van der Waals surface area contributed by atoms with E-state index in [0.717, 1.165) is 102 Å². The molecule has 0 amide bonds. The molecule has 0 fully saturated rings. The lowest BCUT2D eigenvalue weighted by atomic mass is 10.0. The molecule has 552 valence electrons. The van der Waals surface area contributed by atoms with Gasteiger partial charge in [0.15, 0.2) is 12.2 Å². The number of carbonyl (C=O) groups is 4. The van der Waals surface area contributed by atoms with Crippen molar-refractivity contribution in [3.05, 3.63) is 0 Å². The average Bonchev–Trinajstić information content (AvgIpc) is 2.14. The highest BCUT2D eigenvalue weighted by Crippen LogP contribution is 2.45. The number of aliphatic hydroxyl groups excluding tert-OH is 1. The van der Waals surface area contributed by atoms with Crippen LogP contribution in [-0.2, 0) is 65.4 Å². The van der Waals surface area contributed by atoms with Crippen molar-refractivity contribution >= 4 is 39.5 Å². The van der Waals surface area contributed by atoms with E-state index in [0.29, 0.717) is 25.7 Å². The third kappa shape index (κ3) is 68.4. The Kier molecular flexibility index (Phi) is 65.9. The monoisotopic (exact) mass is 1370 g/mol. The second kappa shape index (κ2) is 67.3. The molecule has 0 aliphatic carbocycles. The summed E-state index contributed by atoms with van der Waals surface area (Å²) in [5.74, 6) is -1.40. The van der Waals surface area contributed by atoms with Crippen molar-refractivity contribution in [2.75, 3.05) is 39.6 Å². The van der Waals surface area contributed by atoms with Crippen molar-refractivity contribution in [2.24, 2.45) is 5.92 Å². The van der Waals surface area contributed by atoms with Gasteiger partial charge in [-0.3, -0.25) is 37.3 Å². The van der Waals surface area contributed by atoms with Crippen molar-refractivity contribution in [1.82, 2.24) is 0 Å². The van der Waals surface area contributed by atoms with E-state index in [9.17, 15) is 43.2 Å². The normalized spacial score (nSPS) is 14.0. The van der Waals surface area contributed by atoms with Gasteiger partial charge in [0.2, 0.25) is 0 Å². The SMILES string of the molecule is CCCCCCCCCCCCCCCCCCCCC(=O)O[C@H](COC(=O)CCCCCCCCCCCCCCCCCC)COP(=O)(O)OC[C@@H](O)COP(=O)(O)OC[C@@H](COC(=O)CCCCCCCCCC)OC(=O)CCCCCCCCCCC(C)C. The van der Waals surface area contributed by atoms with Crippen LogP contribution in [0.15, 0.2) is 0 Å². The molecule has 17 nitrogen and oxygen atoms in total. The van der Waals surface area contributed by atoms with Crippen LogP contribution in [0.5, 0.6) is 0 Å². The molecule has 0 radical (unpaired) electrons. The van der Waals surface area contributed by atoms with Crippen LogP contribution in [0.3, 0.4) is 0 Å². The van der Waals surface area contributed by atoms with E-state index in [1.165, 1.54) is 205 Å². The summed E-state index contributed by atoms with van der Waals surface area (Å²) in [4.78, 5) is 72.6. The molecule has 3 N–H and O–H groups in total. The number of phosphoric ester groups is 2. The maximum atomic E-state index is 13.1. The third-order valence-corrected chi connectivity index (χ3v) is 19.2. The Hall–Kier alpha value is -1.94. The maximum Gasteiger partial charge on any atom is 0.472 e. The zero-order valence-corrected chi connectivity index (χ0v) is 62.2. The van der Waals surface area contributed by atoms with Crippen molar-refractivity contribution in [2.45, 2.75) is 406 Å². The summed E-state index contributed by atoms with van der Waals surface area (Å²) in [6.07, 6.45) is 55.6. The van der Waals surface area contributed by atoms with Gasteiger partial charge in [0.25, 0.3) is 0 Å². The van der Waals surface area contributed by atoms with Gasteiger partial charge in [-0.05, 0) is 31.6 Å². The Balaban J connectivity index is 5.20. The number of hydrogen-bond acceptors (Lipinski definition) is 15. The van der Waals surface area contributed by atoms with Crippen LogP contribution in [0.1, 0.15) is 388 Å². The molecular formula is C74H144O17P2. The molecule has 0 heterocycles. The van der Waals surface area contributed by atoms with Gasteiger partial charge in [-0.25, -0.2) is 9.13 Å².